The second kappa shape index (κ2) is 8.23. The highest BCUT2D eigenvalue weighted by Crippen LogP contribution is 2.38. The molecule has 0 saturated carbocycles. The van der Waals surface area contributed by atoms with E-state index in [0.717, 1.165) is 38.5 Å². The highest BCUT2D eigenvalue weighted by atomic mass is 16.5. The molecule has 2 aliphatic heterocycles. The van der Waals surface area contributed by atoms with Crippen molar-refractivity contribution in [3.8, 4) is 5.88 Å². The van der Waals surface area contributed by atoms with Gasteiger partial charge in [0.2, 0.25) is 5.88 Å². The summed E-state index contributed by atoms with van der Waals surface area (Å²) in [4.78, 5) is 9.80. The van der Waals surface area contributed by atoms with Crippen LogP contribution in [0.2, 0.25) is 0 Å². The van der Waals surface area contributed by atoms with Crippen molar-refractivity contribution in [1.29, 1.82) is 0 Å². The predicted molar refractivity (Wildman–Crippen MR) is 118 cm³/mol. The highest BCUT2D eigenvalue weighted by molar-refractivity contribution is 5.60. The first-order chi connectivity index (χ1) is 13.9. The molecule has 5 heteroatoms. The van der Waals surface area contributed by atoms with Gasteiger partial charge in [-0.3, -0.25) is 0 Å². The number of nitrogens with zero attached hydrogens (tertiary/aromatic N) is 3. The van der Waals surface area contributed by atoms with Crippen LogP contribution in [0, 0.1) is 0 Å². The Labute approximate surface area is 174 Å². The highest BCUT2D eigenvalue weighted by Gasteiger charge is 2.29. The van der Waals surface area contributed by atoms with Gasteiger partial charge in [-0.25, -0.2) is 0 Å². The minimum atomic E-state index is -0.288. The Morgan fingerprint density at radius 3 is 2.59 bits per heavy atom. The lowest BCUT2D eigenvalue weighted by Gasteiger charge is -2.36. The molecule has 0 aliphatic carbocycles. The molecule has 0 spiro atoms. The van der Waals surface area contributed by atoms with Crippen LogP contribution in [-0.2, 0) is 4.74 Å². The number of morpholine rings is 1. The molecule has 0 bridgehead atoms. The largest absolute Gasteiger partial charge is 0.472 e. The molecule has 2 saturated heterocycles. The Kier molecular flexibility index (Phi) is 5.68. The fraction of sp³-hybridized carbons (Fsp3) is 0.542. The fourth-order valence-electron chi connectivity index (χ4n) is 4.33. The molecule has 5 nitrogen and oxygen atoms in total. The zero-order valence-corrected chi connectivity index (χ0v) is 18.1. The summed E-state index contributed by atoms with van der Waals surface area (Å²) in [5.74, 6) is 1.70. The summed E-state index contributed by atoms with van der Waals surface area (Å²) >= 11 is 0. The summed E-state index contributed by atoms with van der Waals surface area (Å²) in [6.45, 7) is 11.8. The Balaban J connectivity index is 1.71. The van der Waals surface area contributed by atoms with E-state index >= 15 is 0 Å². The van der Waals surface area contributed by atoms with Crippen molar-refractivity contribution in [2.75, 3.05) is 36.1 Å². The molecule has 0 radical (unpaired) electrons. The minimum absolute atomic E-state index is 0.288. The van der Waals surface area contributed by atoms with Gasteiger partial charge in [-0.15, -0.1) is 0 Å². The van der Waals surface area contributed by atoms with Crippen LogP contribution in [0.15, 0.2) is 42.5 Å². The standard InChI is InChI=1S/C24H33N3O2/c1-18-17-28-14-13-26(18)20-15-22(25-23(16-20)29-24(2,3)4)27-12-8-11-21(27)19-9-6-5-7-10-19/h5-7,9-10,15-16,18,21H,8,11-14,17H2,1-4H3/t18-,21?/m1/s1. The molecular formula is C24H33N3O2. The van der Waals surface area contributed by atoms with Crippen molar-refractivity contribution in [1.82, 2.24) is 4.98 Å². The van der Waals surface area contributed by atoms with Crippen molar-refractivity contribution in [2.45, 2.75) is 58.2 Å². The third kappa shape index (κ3) is 4.67. The van der Waals surface area contributed by atoms with Crippen LogP contribution in [-0.4, -0.2) is 42.9 Å². The van der Waals surface area contributed by atoms with Crippen LogP contribution < -0.4 is 14.5 Å². The maximum absolute atomic E-state index is 6.21. The summed E-state index contributed by atoms with van der Waals surface area (Å²) in [6.07, 6.45) is 2.33. The molecule has 1 aromatic heterocycles. The number of ether oxygens (including phenoxy) is 2. The number of anilines is 2. The second-order valence-corrected chi connectivity index (χ2v) is 9.12. The fourth-order valence-corrected chi connectivity index (χ4v) is 4.33. The molecule has 4 rings (SSSR count). The average Bonchev–Trinajstić information content (AvgIpc) is 3.17. The van der Waals surface area contributed by atoms with E-state index in [1.165, 1.54) is 17.7 Å². The number of benzene rings is 1. The van der Waals surface area contributed by atoms with E-state index in [-0.39, 0.29) is 5.60 Å². The SMILES string of the molecule is C[C@@H]1COCCN1c1cc(OC(C)(C)C)nc(N2CCCC2c2ccccc2)c1. The third-order valence-electron chi connectivity index (χ3n) is 5.61. The molecule has 3 heterocycles. The molecule has 156 valence electrons. The van der Waals surface area contributed by atoms with Crippen LogP contribution in [0.1, 0.15) is 52.1 Å². The Hall–Kier alpha value is -2.27. The molecule has 2 fully saturated rings. The maximum Gasteiger partial charge on any atom is 0.217 e. The van der Waals surface area contributed by atoms with E-state index in [1.54, 1.807) is 0 Å². The summed E-state index contributed by atoms with van der Waals surface area (Å²) in [6, 6.07) is 15.8. The van der Waals surface area contributed by atoms with E-state index in [0.29, 0.717) is 18.0 Å². The van der Waals surface area contributed by atoms with Crippen LogP contribution >= 0.6 is 0 Å². The lowest BCUT2D eigenvalue weighted by Crippen LogP contribution is -2.43. The van der Waals surface area contributed by atoms with Gasteiger partial charge in [-0.1, -0.05) is 30.3 Å². The molecule has 1 unspecified atom stereocenters. The van der Waals surface area contributed by atoms with E-state index in [1.807, 2.05) is 0 Å². The Morgan fingerprint density at radius 1 is 1.07 bits per heavy atom. The number of hydrogen-bond donors (Lipinski definition) is 0. The van der Waals surface area contributed by atoms with Crippen LogP contribution in [0.3, 0.4) is 0 Å². The van der Waals surface area contributed by atoms with Gasteiger partial charge in [0, 0.05) is 37.0 Å². The summed E-state index contributed by atoms with van der Waals surface area (Å²) < 4.78 is 11.9. The van der Waals surface area contributed by atoms with E-state index in [4.69, 9.17) is 14.5 Å². The Bertz CT molecular complexity index is 819. The zero-order chi connectivity index (χ0) is 20.4. The van der Waals surface area contributed by atoms with Crippen molar-refractivity contribution in [3.05, 3.63) is 48.0 Å². The first-order valence-corrected chi connectivity index (χ1v) is 10.8. The lowest BCUT2D eigenvalue weighted by atomic mass is 10.0. The lowest BCUT2D eigenvalue weighted by molar-refractivity contribution is 0.0986. The van der Waals surface area contributed by atoms with Gasteiger partial charge in [0.05, 0.1) is 19.3 Å². The van der Waals surface area contributed by atoms with Gasteiger partial charge in [0.1, 0.15) is 11.4 Å². The first kappa shape index (κ1) is 20.0. The van der Waals surface area contributed by atoms with E-state index in [9.17, 15) is 0 Å². The smallest absolute Gasteiger partial charge is 0.217 e. The molecule has 1 aromatic carbocycles. The number of pyridine rings is 1. The first-order valence-electron chi connectivity index (χ1n) is 10.8. The summed E-state index contributed by atoms with van der Waals surface area (Å²) in [7, 11) is 0. The van der Waals surface area contributed by atoms with Gasteiger partial charge in [0.15, 0.2) is 0 Å². The molecule has 2 aliphatic rings. The zero-order valence-electron chi connectivity index (χ0n) is 18.1. The summed E-state index contributed by atoms with van der Waals surface area (Å²) in [5, 5.41) is 0. The predicted octanol–water partition coefficient (Wildman–Crippen LogP) is 4.83. The topological polar surface area (TPSA) is 37.8 Å². The molecule has 2 aromatic rings. The van der Waals surface area contributed by atoms with Gasteiger partial charge in [-0.05, 0) is 46.1 Å². The van der Waals surface area contributed by atoms with Crippen molar-refractivity contribution in [3.63, 3.8) is 0 Å². The maximum atomic E-state index is 6.21. The van der Waals surface area contributed by atoms with E-state index in [2.05, 4.69) is 80.0 Å². The normalized spacial score (nSPS) is 22.8. The number of aromatic nitrogens is 1. The second-order valence-electron chi connectivity index (χ2n) is 9.12. The number of hydrogen-bond acceptors (Lipinski definition) is 5. The molecule has 0 amide bonds. The number of rotatable bonds is 4. The van der Waals surface area contributed by atoms with Gasteiger partial charge >= 0.3 is 0 Å². The van der Waals surface area contributed by atoms with Gasteiger partial charge < -0.3 is 19.3 Å². The van der Waals surface area contributed by atoms with Gasteiger partial charge in [-0.2, -0.15) is 4.98 Å². The van der Waals surface area contributed by atoms with Gasteiger partial charge in [0.25, 0.3) is 0 Å². The molecule has 0 N–H and O–H groups in total. The minimum Gasteiger partial charge on any atom is -0.472 e. The average molecular weight is 396 g/mol. The van der Waals surface area contributed by atoms with Crippen molar-refractivity contribution >= 4 is 11.5 Å². The van der Waals surface area contributed by atoms with Crippen LogP contribution in [0.5, 0.6) is 5.88 Å². The summed E-state index contributed by atoms with van der Waals surface area (Å²) in [5.41, 5.74) is 2.24. The molecular weight excluding hydrogens is 362 g/mol. The third-order valence-corrected chi connectivity index (χ3v) is 5.61. The van der Waals surface area contributed by atoms with Crippen molar-refractivity contribution < 1.29 is 9.47 Å². The monoisotopic (exact) mass is 395 g/mol. The molecule has 2 atom stereocenters. The van der Waals surface area contributed by atoms with Crippen molar-refractivity contribution in [2.24, 2.45) is 0 Å². The van der Waals surface area contributed by atoms with Crippen LogP contribution in [0.25, 0.3) is 0 Å². The molecule has 29 heavy (non-hydrogen) atoms. The van der Waals surface area contributed by atoms with E-state index < -0.39 is 0 Å². The Morgan fingerprint density at radius 2 is 1.86 bits per heavy atom. The van der Waals surface area contributed by atoms with Crippen LogP contribution in [0.4, 0.5) is 11.5 Å². The quantitative estimate of drug-likeness (QED) is 0.742.